The largest absolute Gasteiger partial charge is 0.497 e. The molecule has 140 valence electrons. The molecular weight excluding hydrogens is 378 g/mol. The van der Waals surface area contributed by atoms with Crippen molar-refractivity contribution in [2.24, 2.45) is 0 Å². The number of amides is 1. The summed E-state index contributed by atoms with van der Waals surface area (Å²) >= 11 is 1.21. The smallest absolute Gasteiger partial charge is 0.234 e. The van der Waals surface area contributed by atoms with E-state index in [-0.39, 0.29) is 18.5 Å². The minimum absolute atomic E-state index is 0.117. The van der Waals surface area contributed by atoms with Crippen LogP contribution in [-0.4, -0.2) is 30.5 Å². The molecule has 0 atom stereocenters. The number of nitrogens with one attached hydrogen (secondary N) is 1. The third-order valence-electron chi connectivity index (χ3n) is 4.11. The van der Waals surface area contributed by atoms with Gasteiger partial charge in [-0.05, 0) is 30.3 Å². The van der Waals surface area contributed by atoms with Crippen molar-refractivity contribution in [3.63, 3.8) is 0 Å². The van der Waals surface area contributed by atoms with E-state index in [1.54, 1.807) is 37.4 Å². The van der Waals surface area contributed by atoms with E-state index in [9.17, 15) is 10.1 Å². The van der Waals surface area contributed by atoms with Gasteiger partial charge >= 0.3 is 0 Å². The number of nitrogens with zero attached hydrogens (tertiary/aromatic N) is 2. The van der Waals surface area contributed by atoms with Crippen LogP contribution >= 0.6 is 11.8 Å². The average molecular weight is 393 g/mol. The highest BCUT2D eigenvalue weighted by Crippen LogP contribution is 2.34. The number of aromatic nitrogens is 1. The number of rotatable bonds is 5. The second-order valence-corrected chi connectivity index (χ2v) is 6.88. The van der Waals surface area contributed by atoms with Gasteiger partial charge in [-0.1, -0.05) is 11.8 Å². The maximum atomic E-state index is 12.3. The van der Waals surface area contributed by atoms with Crippen molar-refractivity contribution in [1.82, 2.24) is 4.98 Å². The zero-order valence-electron chi connectivity index (χ0n) is 14.9. The highest BCUT2D eigenvalue weighted by molar-refractivity contribution is 8.00. The lowest BCUT2D eigenvalue weighted by molar-refractivity contribution is -0.113. The molecule has 0 aliphatic carbocycles. The van der Waals surface area contributed by atoms with Crippen molar-refractivity contribution in [3.05, 3.63) is 48.0 Å². The quantitative estimate of drug-likeness (QED) is 0.662. The first-order chi connectivity index (χ1) is 13.7. The summed E-state index contributed by atoms with van der Waals surface area (Å²) in [7, 11) is 1.58. The summed E-state index contributed by atoms with van der Waals surface area (Å²) in [5, 5.41) is 13.6. The lowest BCUT2D eigenvalue weighted by Crippen LogP contribution is -2.14. The molecule has 0 spiro atoms. The summed E-state index contributed by atoms with van der Waals surface area (Å²) in [4.78, 5) is 16.8. The van der Waals surface area contributed by atoms with Crippen LogP contribution in [0.4, 0.5) is 5.69 Å². The Kier molecular flexibility index (Phi) is 4.91. The fourth-order valence-electron chi connectivity index (χ4n) is 2.75. The SMILES string of the molecule is COc1ccc2cc(C#N)c(SCC(=O)Nc3ccc4c(c3)OCO4)nc2c1. The van der Waals surface area contributed by atoms with Crippen LogP contribution in [0.25, 0.3) is 10.9 Å². The van der Waals surface area contributed by atoms with Crippen molar-refractivity contribution in [2.45, 2.75) is 5.03 Å². The van der Waals surface area contributed by atoms with Gasteiger partial charge in [-0.2, -0.15) is 5.26 Å². The Morgan fingerprint density at radius 1 is 1.25 bits per heavy atom. The first-order valence-corrected chi connectivity index (χ1v) is 9.36. The van der Waals surface area contributed by atoms with Crippen LogP contribution in [0.5, 0.6) is 17.2 Å². The van der Waals surface area contributed by atoms with Gasteiger partial charge in [-0.3, -0.25) is 4.79 Å². The van der Waals surface area contributed by atoms with E-state index < -0.39 is 0 Å². The molecule has 0 saturated carbocycles. The summed E-state index contributed by atoms with van der Waals surface area (Å²) in [5.74, 6) is 1.84. The van der Waals surface area contributed by atoms with Gasteiger partial charge in [0.25, 0.3) is 0 Å². The molecule has 0 fully saturated rings. The van der Waals surface area contributed by atoms with Crippen LogP contribution in [0.2, 0.25) is 0 Å². The Labute approximate surface area is 165 Å². The summed E-state index contributed by atoms with van der Waals surface area (Å²) in [6, 6.07) is 14.6. The summed E-state index contributed by atoms with van der Waals surface area (Å²) in [6.45, 7) is 0.179. The highest BCUT2D eigenvalue weighted by Gasteiger charge is 2.15. The zero-order valence-corrected chi connectivity index (χ0v) is 15.7. The molecule has 7 nitrogen and oxygen atoms in total. The number of carbonyl (C=O) groups is 1. The molecule has 0 unspecified atom stereocenters. The number of nitriles is 1. The monoisotopic (exact) mass is 393 g/mol. The first kappa shape index (κ1) is 17.9. The Balaban J connectivity index is 1.48. The lowest BCUT2D eigenvalue weighted by atomic mass is 10.1. The molecule has 4 rings (SSSR count). The van der Waals surface area contributed by atoms with Gasteiger partial charge in [-0.15, -0.1) is 0 Å². The van der Waals surface area contributed by atoms with Gasteiger partial charge < -0.3 is 19.5 Å². The Bertz CT molecular complexity index is 1110. The third kappa shape index (κ3) is 3.66. The van der Waals surface area contributed by atoms with Crippen molar-refractivity contribution >= 4 is 34.3 Å². The molecule has 0 bridgehead atoms. The number of fused-ring (bicyclic) bond motifs is 2. The number of hydrogen-bond acceptors (Lipinski definition) is 7. The molecule has 1 aliphatic heterocycles. The number of hydrogen-bond donors (Lipinski definition) is 1. The van der Waals surface area contributed by atoms with Crippen LogP contribution in [0.1, 0.15) is 5.56 Å². The van der Waals surface area contributed by atoms with Gasteiger partial charge in [0.05, 0.1) is 23.9 Å². The third-order valence-corrected chi connectivity index (χ3v) is 5.10. The van der Waals surface area contributed by atoms with Crippen molar-refractivity contribution < 1.29 is 19.0 Å². The Morgan fingerprint density at radius 2 is 2.11 bits per heavy atom. The molecule has 2 heterocycles. The molecule has 2 aromatic carbocycles. The van der Waals surface area contributed by atoms with Crippen LogP contribution < -0.4 is 19.5 Å². The maximum Gasteiger partial charge on any atom is 0.234 e. The molecule has 3 aromatic rings. The number of benzene rings is 2. The normalized spacial score (nSPS) is 11.9. The van der Waals surface area contributed by atoms with Crippen LogP contribution in [0.15, 0.2) is 47.5 Å². The average Bonchev–Trinajstić information content (AvgIpc) is 3.19. The summed E-state index contributed by atoms with van der Waals surface area (Å²) in [6.07, 6.45) is 0. The van der Waals surface area contributed by atoms with E-state index in [1.165, 1.54) is 11.8 Å². The molecule has 0 radical (unpaired) electrons. The predicted octanol–water partition coefficient (Wildman–Crippen LogP) is 3.57. The van der Waals surface area contributed by atoms with E-state index in [1.807, 2.05) is 12.1 Å². The van der Waals surface area contributed by atoms with Crippen molar-refractivity contribution in [3.8, 4) is 23.3 Å². The van der Waals surface area contributed by atoms with Gasteiger partial charge in [0, 0.05) is 23.2 Å². The minimum atomic E-state index is -0.208. The van der Waals surface area contributed by atoms with E-state index >= 15 is 0 Å². The van der Waals surface area contributed by atoms with Crippen LogP contribution in [0.3, 0.4) is 0 Å². The predicted molar refractivity (Wildman–Crippen MR) is 105 cm³/mol. The second-order valence-electron chi connectivity index (χ2n) is 5.92. The number of methoxy groups -OCH3 is 1. The molecule has 28 heavy (non-hydrogen) atoms. The number of anilines is 1. The van der Waals surface area contributed by atoms with Gasteiger partial charge in [-0.25, -0.2) is 4.98 Å². The van der Waals surface area contributed by atoms with Crippen molar-refractivity contribution in [2.75, 3.05) is 25.0 Å². The number of ether oxygens (including phenoxy) is 3. The fraction of sp³-hybridized carbons (Fsp3) is 0.150. The molecule has 1 amide bonds. The molecule has 8 heteroatoms. The van der Waals surface area contributed by atoms with Gasteiger partial charge in [0.2, 0.25) is 12.7 Å². The Morgan fingerprint density at radius 3 is 2.93 bits per heavy atom. The number of thioether (sulfide) groups is 1. The van der Waals surface area contributed by atoms with E-state index in [0.717, 1.165) is 5.39 Å². The zero-order chi connectivity index (χ0) is 19.5. The van der Waals surface area contributed by atoms with E-state index in [0.29, 0.717) is 39.0 Å². The summed E-state index contributed by atoms with van der Waals surface area (Å²) < 4.78 is 15.8. The van der Waals surface area contributed by atoms with Crippen LogP contribution in [-0.2, 0) is 4.79 Å². The maximum absolute atomic E-state index is 12.3. The lowest BCUT2D eigenvalue weighted by Gasteiger charge is -2.08. The molecule has 0 saturated heterocycles. The fourth-order valence-corrected chi connectivity index (χ4v) is 3.51. The topological polar surface area (TPSA) is 93.5 Å². The van der Waals surface area contributed by atoms with Crippen molar-refractivity contribution in [1.29, 1.82) is 5.26 Å². The summed E-state index contributed by atoms with van der Waals surface area (Å²) in [5.41, 5.74) is 1.75. The van der Waals surface area contributed by atoms with Crippen LogP contribution in [0, 0.1) is 11.3 Å². The molecular formula is C20H15N3O4S. The standard InChI is InChI=1S/C20H15N3O4S/c1-25-15-4-2-12-6-13(9-21)20(23-16(12)8-15)28-10-19(24)22-14-3-5-17-18(7-14)27-11-26-17/h2-8H,10-11H2,1H3,(H,22,24). The van der Waals surface area contributed by atoms with Gasteiger partial charge in [0.1, 0.15) is 16.8 Å². The molecule has 1 N–H and O–H groups in total. The molecule has 1 aromatic heterocycles. The van der Waals surface area contributed by atoms with E-state index in [2.05, 4.69) is 16.4 Å². The molecule has 1 aliphatic rings. The minimum Gasteiger partial charge on any atom is -0.497 e. The Hall–Kier alpha value is -3.44. The first-order valence-electron chi connectivity index (χ1n) is 8.37. The highest BCUT2D eigenvalue weighted by atomic mass is 32.2. The number of carbonyl (C=O) groups excluding carboxylic acids is 1. The van der Waals surface area contributed by atoms with Gasteiger partial charge in [0.15, 0.2) is 11.5 Å². The second kappa shape index (κ2) is 7.66. The number of pyridine rings is 1. The van der Waals surface area contributed by atoms with E-state index in [4.69, 9.17) is 14.2 Å².